The summed E-state index contributed by atoms with van der Waals surface area (Å²) in [4.78, 5) is 35.4. The molecule has 0 aliphatic heterocycles. The molecule has 1 N–H and O–H groups in total. The predicted molar refractivity (Wildman–Crippen MR) is 115 cm³/mol. The second-order valence-corrected chi connectivity index (χ2v) is 7.42. The minimum absolute atomic E-state index is 0.0917. The van der Waals surface area contributed by atoms with E-state index in [0.29, 0.717) is 21.2 Å². The van der Waals surface area contributed by atoms with Crippen LogP contribution in [0.2, 0.25) is 5.02 Å². The number of thiophene rings is 1. The topological polar surface area (TPSA) is 117 Å². The number of ether oxygens (including phenoxy) is 3. The maximum Gasteiger partial charge on any atom is 0.417 e. The summed E-state index contributed by atoms with van der Waals surface area (Å²) in [6.45, 7) is 0. The summed E-state index contributed by atoms with van der Waals surface area (Å²) in [6.07, 6.45) is -0.889. The van der Waals surface area contributed by atoms with Crippen molar-refractivity contribution in [2.75, 3.05) is 19.5 Å². The lowest BCUT2D eigenvalue weighted by atomic mass is 10.1. The number of methoxy groups -OCH3 is 2. The van der Waals surface area contributed by atoms with Crippen LogP contribution in [0.15, 0.2) is 48.5 Å². The Balaban J connectivity index is 1.87. The van der Waals surface area contributed by atoms with Crippen LogP contribution in [0.3, 0.4) is 0 Å². The molecule has 0 unspecified atom stereocenters. The number of rotatable bonds is 6. The third kappa shape index (κ3) is 5.11. The number of nitrogens with one attached hydrogen (secondary N) is 1. The number of nitro groups is 1. The SMILES string of the molecule is COC(=O)c1sc(-c2cc(OC)ccc2Cl)cc1NC(=O)Oc1ccc([N+](=O)[O-])cc1. The molecule has 0 spiro atoms. The zero-order valence-electron chi connectivity index (χ0n) is 16.2. The number of esters is 1. The van der Waals surface area contributed by atoms with E-state index in [-0.39, 0.29) is 22.0 Å². The van der Waals surface area contributed by atoms with Crippen molar-refractivity contribution in [2.45, 2.75) is 0 Å². The number of carbonyl (C=O) groups is 2. The third-order valence-corrected chi connectivity index (χ3v) is 5.51. The molecular formula is C20H15ClN2O7S. The van der Waals surface area contributed by atoms with Gasteiger partial charge in [-0.05, 0) is 36.4 Å². The number of halogens is 1. The molecule has 0 saturated heterocycles. The van der Waals surface area contributed by atoms with Gasteiger partial charge >= 0.3 is 12.1 Å². The smallest absolute Gasteiger partial charge is 0.417 e. The molecule has 0 fully saturated rings. The van der Waals surface area contributed by atoms with Crippen LogP contribution in [0.4, 0.5) is 16.2 Å². The normalized spacial score (nSPS) is 10.3. The van der Waals surface area contributed by atoms with E-state index in [0.717, 1.165) is 11.3 Å². The Bertz CT molecular complexity index is 1140. The number of nitrogens with zero attached hydrogens (tertiary/aromatic N) is 1. The van der Waals surface area contributed by atoms with Crippen molar-refractivity contribution < 1.29 is 28.7 Å². The summed E-state index contributed by atoms with van der Waals surface area (Å²) >= 11 is 7.36. The van der Waals surface area contributed by atoms with E-state index in [1.54, 1.807) is 24.3 Å². The molecule has 3 rings (SSSR count). The van der Waals surface area contributed by atoms with Gasteiger partial charge in [0.15, 0.2) is 0 Å². The monoisotopic (exact) mass is 462 g/mol. The highest BCUT2D eigenvalue weighted by atomic mass is 35.5. The van der Waals surface area contributed by atoms with E-state index < -0.39 is 17.0 Å². The molecule has 0 aliphatic carbocycles. The second kappa shape index (κ2) is 9.45. The molecule has 0 bridgehead atoms. The molecule has 2 aromatic carbocycles. The van der Waals surface area contributed by atoms with Gasteiger partial charge in [0, 0.05) is 27.6 Å². The number of hydrogen-bond acceptors (Lipinski definition) is 8. The number of hydrogen-bond donors (Lipinski definition) is 1. The number of nitro benzene ring substituents is 1. The zero-order chi connectivity index (χ0) is 22.5. The molecule has 0 radical (unpaired) electrons. The Morgan fingerprint density at radius 2 is 1.74 bits per heavy atom. The molecular weight excluding hydrogens is 448 g/mol. The fourth-order valence-corrected chi connectivity index (χ4v) is 3.90. The highest BCUT2D eigenvalue weighted by Crippen LogP contribution is 2.40. The fourth-order valence-electron chi connectivity index (χ4n) is 2.56. The van der Waals surface area contributed by atoms with Crippen LogP contribution in [-0.2, 0) is 4.74 Å². The van der Waals surface area contributed by atoms with E-state index in [9.17, 15) is 19.7 Å². The number of non-ortho nitro benzene ring substituents is 1. The largest absolute Gasteiger partial charge is 0.497 e. The molecule has 160 valence electrons. The summed E-state index contributed by atoms with van der Waals surface area (Å²) in [5.74, 6) is 0.00873. The molecule has 0 aliphatic rings. The quantitative estimate of drug-likeness (QED) is 0.296. The highest BCUT2D eigenvalue weighted by molar-refractivity contribution is 7.18. The Hall–Kier alpha value is -3.63. The predicted octanol–water partition coefficient (Wildman–Crippen LogP) is 5.38. The van der Waals surface area contributed by atoms with Crippen molar-refractivity contribution >= 4 is 46.4 Å². The Labute approximate surface area is 185 Å². The van der Waals surface area contributed by atoms with Crippen molar-refractivity contribution in [2.24, 2.45) is 0 Å². The first-order valence-corrected chi connectivity index (χ1v) is 9.81. The van der Waals surface area contributed by atoms with Gasteiger partial charge in [0.2, 0.25) is 0 Å². The minimum Gasteiger partial charge on any atom is -0.497 e. The van der Waals surface area contributed by atoms with Crippen molar-refractivity contribution in [1.29, 1.82) is 0 Å². The molecule has 0 atom stereocenters. The van der Waals surface area contributed by atoms with E-state index in [4.69, 9.17) is 25.8 Å². The highest BCUT2D eigenvalue weighted by Gasteiger charge is 2.21. The second-order valence-electron chi connectivity index (χ2n) is 5.96. The summed E-state index contributed by atoms with van der Waals surface area (Å²) in [6, 6.07) is 11.6. The van der Waals surface area contributed by atoms with Crippen molar-refractivity contribution in [1.82, 2.24) is 0 Å². The van der Waals surface area contributed by atoms with Gasteiger partial charge in [-0.2, -0.15) is 0 Å². The van der Waals surface area contributed by atoms with E-state index in [2.05, 4.69) is 5.32 Å². The first-order chi connectivity index (χ1) is 14.8. The van der Waals surface area contributed by atoms with Gasteiger partial charge in [0.05, 0.1) is 24.8 Å². The van der Waals surface area contributed by atoms with Gasteiger partial charge in [0.25, 0.3) is 5.69 Å². The van der Waals surface area contributed by atoms with Crippen LogP contribution in [0.25, 0.3) is 10.4 Å². The molecule has 0 saturated carbocycles. The fraction of sp³-hybridized carbons (Fsp3) is 0.100. The van der Waals surface area contributed by atoms with Crippen LogP contribution >= 0.6 is 22.9 Å². The summed E-state index contributed by atoms with van der Waals surface area (Å²) < 4.78 is 15.1. The Morgan fingerprint density at radius 3 is 2.35 bits per heavy atom. The first kappa shape index (κ1) is 22.1. The summed E-state index contributed by atoms with van der Waals surface area (Å²) in [5.41, 5.74) is 0.629. The van der Waals surface area contributed by atoms with Crippen LogP contribution in [0, 0.1) is 10.1 Å². The van der Waals surface area contributed by atoms with Gasteiger partial charge in [0.1, 0.15) is 16.4 Å². The van der Waals surface area contributed by atoms with Crippen molar-refractivity contribution in [3.05, 3.63) is 68.5 Å². The molecule has 1 heterocycles. The maximum atomic E-state index is 12.3. The molecule has 9 nitrogen and oxygen atoms in total. The zero-order valence-corrected chi connectivity index (χ0v) is 17.8. The Kier molecular flexibility index (Phi) is 6.73. The van der Waals surface area contributed by atoms with E-state index in [1.165, 1.54) is 38.5 Å². The van der Waals surface area contributed by atoms with Gasteiger partial charge in [-0.1, -0.05) is 11.6 Å². The third-order valence-electron chi connectivity index (χ3n) is 4.04. The van der Waals surface area contributed by atoms with Crippen LogP contribution in [0.5, 0.6) is 11.5 Å². The summed E-state index contributed by atoms with van der Waals surface area (Å²) in [7, 11) is 2.74. The molecule has 1 aromatic heterocycles. The van der Waals surface area contributed by atoms with Crippen LogP contribution < -0.4 is 14.8 Å². The van der Waals surface area contributed by atoms with Crippen LogP contribution in [0.1, 0.15) is 9.67 Å². The Morgan fingerprint density at radius 1 is 1.06 bits per heavy atom. The number of anilines is 1. The lowest BCUT2D eigenvalue weighted by molar-refractivity contribution is -0.384. The van der Waals surface area contributed by atoms with E-state index >= 15 is 0 Å². The lowest BCUT2D eigenvalue weighted by Crippen LogP contribution is -2.18. The average molecular weight is 463 g/mol. The standard InChI is InChI=1S/C20H15ClN2O7S/c1-28-13-7-8-15(21)14(9-13)17-10-16(18(31-17)19(24)29-2)22-20(25)30-12-5-3-11(4-6-12)23(26)27/h3-10H,1-2H3,(H,22,25). The average Bonchev–Trinajstić information content (AvgIpc) is 3.17. The van der Waals surface area contributed by atoms with Crippen molar-refractivity contribution in [3.63, 3.8) is 0 Å². The van der Waals surface area contributed by atoms with Gasteiger partial charge in [-0.15, -0.1) is 11.3 Å². The number of carbonyl (C=O) groups excluding carboxylic acids is 2. The van der Waals surface area contributed by atoms with Gasteiger partial charge in [-0.3, -0.25) is 15.4 Å². The molecule has 3 aromatic rings. The number of benzene rings is 2. The van der Waals surface area contributed by atoms with Gasteiger partial charge < -0.3 is 14.2 Å². The minimum atomic E-state index is -0.889. The van der Waals surface area contributed by atoms with Gasteiger partial charge in [-0.25, -0.2) is 9.59 Å². The first-order valence-electron chi connectivity index (χ1n) is 8.61. The number of amides is 1. The van der Waals surface area contributed by atoms with E-state index in [1.807, 2.05) is 0 Å². The maximum absolute atomic E-state index is 12.3. The molecule has 1 amide bonds. The summed E-state index contributed by atoms with van der Waals surface area (Å²) in [5, 5.41) is 13.6. The molecule has 31 heavy (non-hydrogen) atoms. The lowest BCUT2D eigenvalue weighted by Gasteiger charge is -2.06. The molecule has 11 heteroatoms. The van der Waals surface area contributed by atoms with Crippen molar-refractivity contribution in [3.8, 4) is 21.9 Å². The van der Waals surface area contributed by atoms with Crippen LogP contribution in [-0.4, -0.2) is 31.2 Å².